The van der Waals surface area contributed by atoms with Crippen LogP contribution in [-0.2, 0) is 13.0 Å². The molecule has 0 atom stereocenters. The number of nitrogens with one attached hydrogen (secondary N) is 1. The zero-order valence-electron chi connectivity index (χ0n) is 15.6. The summed E-state index contributed by atoms with van der Waals surface area (Å²) >= 11 is 0. The Balaban J connectivity index is 1.41. The molecule has 0 unspecified atom stereocenters. The van der Waals surface area contributed by atoms with Crippen LogP contribution in [0, 0.1) is 0 Å². The van der Waals surface area contributed by atoms with E-state index in [4.69, 9.17) is 10.2 Å². The third kappa shape index (κ3) is 4.47. The third-order valence-electron chi connectivity index (χ3n) is 4.43. The molecule has 0 saturated heterocycles. The van der Waals surface area contributed by atoms with E-state index in [1.165, 1.54) is 6.20 Å². The average molecular weight is 385 g/mol. The summed E-state index contributed by atoms with van der Waals surface area (Å²) < 4.78 is 5.04. The van der Waals surface area contributed by atoms with E-state index in [1.807, 2.05) is 36.4 Å². The second-order valence-corrected chi connectivity index (χ2v) is 6.51. The van der Waals surface area contributed by atoms with Gasteiger partial charge in [0.1, 0.15) is 11.5 Å². The van der Waals surface area contributed by atoms with Crippen LogP contribution in [0.1, 0.15) is 21.6 Å². The number of aromatic nitrogens is 3. The van der Waals surface area contributed by atoms with E-state index in [1.54, 1.807) is 31.0 Å². The Morgan fingerprint density at radius 2 is 1.93 bits per heavy atom. The van der Waals surface area contributed by atoms with Crippen molar-refractivity contribution in [2.24, 2.45) is 0 Å². The van der Waals surface area contributed by atoms with Crippen LogP contribution in [-0.4, -0.2) is 20.7 Å². The quantitative estimate of drug-likeness (QED) is 0.467. The first-order chi connectivity index (χ1) is 14.2. The predicted octanol–water partition coefficient (Wildman–Crippen LogP) is 3.75. The maximum Gasteiger partial charge on any atom is 0.187 e. The van der Waals surface area contributed by atoms with Gasteiger partial charge in [-0.15, -0.1) is 0 Å². The third-order valence-corrected chi connectivity index (χ3v) is 4.43. The van der Waals surface area contributed by atoms with E-state index in [-0.39, 0.29) is 12.2 Å². The fourth-order valence-electron chi connectivity index (χ4n) is 2.92. The predicted molar refractivity (Wildman–Crippen MR) is 110 cm³/mol. The van der Waals surface area contributed by atoms with Gasteiger partial charge < -0.3 is 15.5 Å². The summed E-state index contributed by atoms with van der Waals surface area (Å²) in [5.74, 6) is 0.370. The largest absolute Gasteiger partial charge is 0.472 e. The number of furan rings is 1. The summed E-state index contributed by atoms with van der Waals surface area (Å²) in [6.45, 7) is 0.580. The number of hydrogen-bond donors (Lipinski definition) is 2. The Hall–Kier alpha value is -4.00. The number of pyridine rings is 1. The van der Waals surface area contributed by atoms with Gasteiger partial charge in [-0.25, -0.2) is 9.97 Å². The minimum atomic E-state index is -0.0853. The number of carbonyl (C=O) groups excluding carboxylic acids is 1. The van der Waals surface area contributed by atoms with Crippen molar-refractivity contribution in [1.82, 2.24) is 15.0 Å². The smallest absolute Gasteiger partial charge is 0.187 e. The minimum Gasteiger partial charge on any atom is -0.472 e. The maximum atomic E-state index is 12.6. The second-order valence-electron chi connectivity index (χ2n) is 6.51. The highest BCUT2D eigenvalue weighted by Gasteiger charge is 2.11. The van der Waals surface area contributed by atoms with Crippen LogP contribution < -0.4 is 11.1 Å². The number of hydrogen-bond acceptors (Lipinski definition) is 7. The summed E-state index contributed by atoms with van der Waals surface area (Å²) in [5.41, 5.74) is 10.4. The number of ketones is 1. The molecule has 3 heterocycles. The lowest BCUT2D eigenvalue weighted by Crippen LogP contribution is -2.08. The Labute approximate surface area is 167 Å². The van der Waals surface area contributed by atoms with Gasteiger partial charge in [-0.1, -0.05) is 24.3 Å². The Bertz CT molecular complexity index is 1110. The van der Waals surface area contributed by atoms with Crippen molar-refractivity contribution in [3.8, 4) is 11.3 Å². The molecule has 0 saturated carbocycles. The molecule has 29 heavy (non-hydrogen) atoms. The molecule has 0 radical (unpaired) electrons. The number of nitrogens with two attached hydrogens (primary N) is 1. The molecule has 0 aliphatic carbocycles. The van der Waals surface area contributed by atoms with Gasteiger partial charge >= 0.3 is 0 Å². The highest BCUT2D eigenvalue weighted by molar-refractivity contribution is 5.95. The summed E-state index contributed by atoms with van der Waals surface area (Å²) in [5, 5.41) is 3.26. The van der Waals surface area contributed by atoms with E-state index in [9.17, 15) is 4.79 Å². The number of carbonyl (C=O) groups is 1. The Morgan fingerprint density at radius 3 is 2.69 bits per heavy atom. The van der Waals surface area contributed by atoms with Crippen LogP contribution in [0.25, 0.3) is 11.3 Å². The summed E-state index contributed by atoms with van der Waals surface area (Å²) in [7, 11) is 0. The zero-order chi connectivity index (χ0) is 20.1. The SMILES string of the molecule is Nc1ncccc1NCc1cccc(CC(=O)c2cnc(-c3ccoc3)cn2)c1. The molecule has 7 nitrogen and oxygen atoms in total. The molecule has 0 aliphatic heterocycles. The molecule has 3 aromatic heterocycles. The van der Waals surface area contributed by atoms with E-state index < -0.39 is 0 Å². The first-order valence-corrected chi connectivity index (χ1v) is 9.09. The van der Waals surface area contributed by atoms with Gasteiger partial charge in [0.05, 0.1) is 36.3 Å². The number of Topliss-reactive ketones (excluding diaryl/α,β-unsaturated/α-hetero) is 1. The van der Waals surface area contributed by atoms with E-state index >= 15 is 0 Å². The summed E-state index contributed by atoms with van der Waals surface area (Å²) in [6, 6.07) is 13.3. The van der Waals surface area contributed by atoms with Gasteiger partial charge in [0.25, 0.3) is 0 Å². The summed E-state index contributed by atoms with van der Waals surface area (Å²) in [4.78, 5) is 25.2. The molecule has 0 bridgehead atoms. The topological polar surface area (TPSA) is 107 Å². The Morgan fingerprint density at radius 1 is 1.03 bits per heavy atom. The highest BCUT2D eigenvalue weighted by atomic mass is 16.3. The highest BCUT2D eigenvalue weighted by Crippen LogP contribution is 2.18. The van der Waals surface area contributed by atoms with Gasteiger partial charge in [-0.3, -0.25) is 9.78 Å². The molecule has 1 aromatic carbocycles. The molecule has 0 spiro atoms. The number of benzene rings is 1. The number of rotatable bonds is 7. The van der Waals surface area contributed by atoms with E-state index in [0.717, 1.165) is 22.4 Å². The van der Waals surface area contributed by atoms with Crippen molar-refractivity contribution in [3.63, 3.8) is 0 Å². The lowest BCUT2D eigenvalue weighted by Gasteiger charge is -2.09. The lowest BCUT2D eigenvalue weighted by atomic mass is 10.0. The molecule has 144 valence electrons. The van der Waals surface area contributed by atoms with Gasteiger partial charge in [0.2, 0.25) is 0 Å². The van der Waals surface area contributed by atoms with Gasteiger partial charge in [-0.05, 0) is 29.3 Å². The first kappa shape index (κ1) is 18.4. The fraction of sp³-hybridized carbons (Fsp3) is 0.0909. The number of anilines is 2. The first-order valence-electron chi connectivity index (χ1n) is 9.09. The molecule has 4 rings (SSSR count). The molecule has 4 aromatic rings. The Kier molecular flexibility index (Phi) is 5.29. The normalized spacial score (nSPS) is 10.6. The van der Waals surface area contributed by atoms with Crippen LogP contribution in [0.4, 0.5) is 11.5 Å². The van der Waals surface area contributed by atoms with Crippen LogP contribution >= 0.6 is 0 Å². The fourth-order valence-corrected chi connectivity index (χ4v) is 2.92. The van der Waals surface area contributed by atoms with Crippen molar-refractivity contribution < 1.29 is 9.21 Å². The van der Waals surface area contributed by atoms with Crippen molar-refractivity contribution in [2.75, 3.05) is 11.1 Å². The maximum absolute atomic E-state index is 12.6. The molecule has 0 fully saturated rings. The van der Waals surface area contributed by atoms with E-state index in [2.05, 4.69) is 20.3 Å². The van der Waals surface area contributed by atoms with Crippen LogP contribution in [0.3, 0.4) is 0 Å². The number of nitrogen functional groups attached to an aromatic ring is 1. The standard InChI is InChI=1S/C22H19N5O2/c23-22-18(5-2-7-24-22)25-11-16-4-1-3-15(9-16)10-21(28)20-13-26-19(12-27-20)17-6-8-29-14-17/h1-9,12-14,25H,10-11H2,(H2,23,24). The zero-order valence-corrected chi connectivity index (χ0v) is 15.6. The van der Waals surface area contributed by atoms with Crippen LogP contribution in [0.2, 0.25) is 0 Å². The lowest BCUT2D eigenvalue weighted by molar-refractivity contribution is 0.0988. The molecular weight excluding hydrogens is 366 g/mol. The molecular formula is C22H19N5O2. The van der Waals surface area contributed by atoms with Gasteiger partial charge in [-0.2, -0.15) is 0 Å². The number of nitrogens with zero attached hydrogens (tertiary/aromatic N) is 3. The average Bonchev–Trinajstić information content (AvgIpc) is 3.28. The second kappa shape index (κ2) is 8.35. The minimum absolute atomic E-state index is 0.0853. The van der Waals surface area contributed by atoms with Crippen molar-refractivity contribution in [3.05, 3.63) is 90.4 Å². The molecule has 7 heteroatoms. The van der Waals surface area contributed by atoms with Crippen LogP contribution in [0.15, 0.2) is 78.0 Å². The van der Waals surface area contributed by atoms with Crippen LogP contribution in [0.5, 0.6) is 0 Å². The van der Waals surface area contributed by atoms with Crippen molar-refractivity contribution in [2.45, 2.75) is 13.0 Å². The monoisotopic (exact) mass is 385 g/mol. The molecule has 3 N–H and O–H groups in total. The molecule has 0 amide bonds. The molecule has 0 aliphatic rings. The van der Waals surface area contributed by atoms with Gasteiger partial charge in [0, 0.05) is 24.7 Å². The van der Waals surface area contributed by atoms with Crippen molar-refractivity contribution in [1.29, 1.82) is 0 Å². The van der Waals surface area contributed by atoms with Crippen molar-refractivity contribution >= 4 is 17.3 Å². The van der Waals surface area contributed by atoms with Gasteiger partial charge in [0.15, 0.2) is 5.78 Å². The van der Waals surface area contributed by atoms with E-state index in [0.29, 0.717) is 23.8 Å². The summed E-state index contributed by atoms with van der Waals surface area (Å²) in [6.07, 6.45) is 8.14.